The van der Waals surface area contributed by atoms with Crippen molar-refractivity contribution < 1.29 is 8.78 Å². The van der Waals surface area contributed by atoms with Crippen LogP contribution in [0.25, 0.3) is 20.9 Å². The minimum atomic E-state index is -0.399. The average Bonchev–Trinajstić information content (AvgIpc) is 3.67. The Morgan fingerprint density at radius 2 is 1.09 bits per heavy atom. The van der Waals surface area contributed by atoms with E-state index in [1.807, 2.05) is 12.1 Å². The molecule has 0 aliphatic carbocycles. The van der Waals surface area contributed by atoms with Gasteiger partial charge in [-0.3, -0.25) is 20.0 Å². The summed E-state index contributed by atoms with van der Waals surface area (Å²) in [6.07, 6.45) is 1.90. The fourth-order valence-electron chi connectivity index (χ4n) is 4.66. The van der Waals surface area contributed by atoms with Crippen LogP contribution in [0.15, 0.2) is 56.4 Å². The summed E-state index contributed by atoms with van der Waals surface area (Å²) in [5, 5.41) is 2.41. The molecule has 0 fully saturated rings. The van der Waals surface area contributed by atoms with Gasteiger partial charge in [0.25, 0.3) is 0 Å². The topological polar surface area (TPSA) is 49.4 Å². The number of hydrogen-bond acceptors (Lipinski definition) is 6. The van der Waals surface area contributed by atoms with E-state index in [4.69, 9.17) is 0 Å². The maximum Gasteiger partial charge on any atom is 0.130 e. The first-order valence-corrected chi connectivity index (χ1v) is 13.3. The maximum atomic E-state index is 15.6. The second kappa shape index (κ2) is 8.84. The zero-order chi connectivity index (χ0) is 24.1. The Hall–Kier alpha value is -3.10. The number of halogens is 2. The molecule has 35 heavy (non-hydrogen) atoms. The van der Waals surface area contributed by atoms with Gasteiger partial charge in [-0.15, -0.1) is 22.7 Å². The van der Waals surface area contributed by atoms with Crippen LogP contribution in [0.3, 0.4) is 0 Å². The first kappa shape index (κ1) is 22.4. The number of rotatable bonds is 6. The Kier molecular flexibility index (Phi) is 5.65. The Labute approximate surface area is 208 Å². The molecule has 0 amide bonds. The highest BCUT2D eigenvalue weighted by atomic mass is 32.1. The standard InChI is InChI=1S/C27H22F2N4S2/c1-3-14-5-7-22(34-14)18-10-20(28)16(24-26(18)32-12-30-24)9-17-21(29)11-19(27-25(17)31-13-33-27)23-8-6-15(4-2)35-23/h5-8,10-11H,3-4,9,12-13H2,1-2H3. The van der Waals surface area contributed by atoms with Crippen molar-refractivity contribution in [2.45, 2.75) is 33.1 Å². The molecule has 6 rings (SSSR count). The molecule has 2 aliphatic rings. The SMILES string of the molecule is CCc1ccc(-c2cc(F)c(Cc3c(F)cc(-c4ccc(CC)s4)c4c3=NCN=4)c3c2=NCN=3)s1. The monoisotopic (exact) mass is 504 g/mol. The van der Waals surface area contributed by atoms with Crippen LogP contribution in [0.2, 0.25) is 0 Å². The van der Waals surface area contributed by atoms with E-state index in [1.165, 1.54) is 21.9 Å². The largest absolute Gasteiger partial charge is 0.259 e. The van der Waals surface area contributed by atoms with Crippen molar-refractivity contribution in [3.8, 4) is 20.9 Å². The molecule has 8 heteroatoms. The van der Waals surface area contributed by atoms with Crippen LogP contribution in [0, 0.1) is 11.6 Å². The second-order valence-corrected chi connectivity index (χ2v) is 10.8. The van der Waals surface area contributed by atoms with Crippen LogP contribution in [-0.2, 0) is 19.3 Å². The van der Waals surface area contributed by atoms with Gasteiger partial charge < -0.3 is 0 Å². The van der Waals surface area contributed by atoms with Gasteiger partial charge in [0.15, 0.2) is 0 Å². The molecule has 4 nitrogen and oxygen atoms in total. The van der Waals surface area contributed by atoms with Gasteiger partial charge in [-0.25, -0.2) is 8.78 Å². The molecular weight excluding hydrogens is 482 g/mol. The Balaban J connectivity index is 1.48. The fraction of sp³-hybridized carbons (Fsp3) is 0.259. The number of hydrogen-bond donors (Lipinski definition) is 0. The lowest BCUT2D eigenvalue weighted by Crippen LogP contribution is -2.34. The summed E-state index contributed by atoms with van der Waals surface area (Å²) in [6, 6.07) is 11.2. The molecule has 2 aliphatic heterocycles. The summed E-state index contributed by atoms with van der Waals surface area (Å²) < 4.78 is 31.1. The molecule has 0 unspecified atom stereocenters. The van der Waals surface area contributed by atoms with Gasteiger partial charge in [-0.05, 0) is 49.2 Å². The Bertz CT molecular complexity index is 1610. The first-order chi connectivity index (χ1) is 17.1. The fourth-order valence-corrected chi connectivity index (χ4v) is 6.59. The van der Waals surface area contributed by atoms with E-state index >= 15 is 8.78 Å². The van der Waals surface area contributed by atoms with Crippen molar-refractivity contribution in [3.05, 3.63) is 90.3 Å². The molecule has 4 heterocycles. The molecular formula is C27H22F2N4S2. The van der Waals surface area contributed by atoms with E-state index in [9.17, 15) is 0 Å². The minimum absolute atomic E-state index is 0.0518. The number of benzene rings is 2. The van der Waals surface area contributed by atoms with Gasteiger partial charge in [0.05, 0.1) is 21.4 Å². The number of nitrogens with zero attached hydrogens (tertiary/aromatic N) is 4. The van der Waals surface area contributed by atoms with Gasteiger partial charge in [0.2, 0.25) is 0 Å². The Morgan fingerprint density at radius 3 is 1.49 bits per heavy atom. The molecule has 0 saturated heterocycles. The second-order valence-electron chi connectivity index (χ2n) is 8.49. The van der Waals surface area contributed by atoms with Crippen LogP contribution in [-0.4, -0.2) is 13.3 Å². The van der Waals surface area contributed by atoms with E-state index in [-0.39, 0.29) is 19.8 Å². The van der Waals surface area contributed by atoms with E-state index in [0.717, 1.165) is 33.7 Å². The van der Waals surface area contributed by atoms with Crippen LogP contribution in [0.4, 0.5) is 8.78 Å². The molecule has 0 bridgehead atoms. The summed E-state index contributed by atoms with van der Waals surface area (Å²) in [4.78, 5) is 22.5. The average molecular weight is 505 g/mol. The van der Waals surface area contributed by atoms with Crippen molar-refractivity contribution in [3.63, 3.8) is 0 Å². The van der Waals surface area contributed by atoms with Gasteiger partial charge >= 0.3 is 0 Å². The number of thiophene rings is 2. The van der Waals surface area contributed by atoms with Gasteiger partial charge in [0.1, 0.15) is 25.0 Å². The molecule has 0 N–H and O–H groups in total. The predicted octanol–water partition coefficient (Wildman–Crippen LogP) is 4.56. The quantitative estimate of drug-likeness (QED) is 0.370. The summed E-state index contributed by atoms with van der Waals surface area (Å²) in [6.45, 7) is 4.70. The van der Waals surface area contributed by atoms with Crippen molar-refractivity contribution in [2.75, 3.05) is 13.3 Å². The molecule has 176 valence electrons. The minimum Gasteiger partial charge on any atom is -0.259 e. The van der Waals surface area contributed by atoms with Crippen LogP contribution in [0.1, 0.15) is 34.7 Å². The van der Waals surface area contributed by atoms with Crippen LogP contribution in [0.5, 0.6) is 0 Å². The zero-order valence-corrected chi connectivity index (χ0v) is 21.0. The van der Waals surface area contributed by atoms with E-state index in [1.54, 1.807) is 22.7 Å². The van der Waals surface area contributed by atoms with Crippen molar-refractivity contribution >= 4 is 22.7 Å². The maximum absolute atomic E-state index is 15.6. The third kappa shape index (κ3) is 3.76. The Morgan fingerprint density at radius 1 is 0.657 bits per heavy atom. The highest BCUT2D eigenvalue weighted by Crippen LogP contribution is 2.29. The molecule has 0 saturated carbocycles. The summed E-state index contributed by atoms with van der Waals surface area (Å²) >= 11 is 3.27. The third-order valence-corrected chi connectivity index (χ3v) is 8.99. The summed E-state index contributed by atoms with van der Waals surface area (Å²) in [7, 11) is 0. The predicted molar refractivity (Wildman–Crippen MR) is 135 cm³/mol. The van der Waals surface area contributed by atoms with Crippen molar-refractivity contribution in [1.29, 1.82) is 0 Å². The van der Waals surface area contributed by atoms with Crippen LogP contribution >= 0.6 is 22.7 Å². The molecule has 0 radical (unpaired) electrons. The van der Waals surface area contributed by atoms with Gasteiger partial charge in [0, 0.05) is 48.2 Å². The normalized spacial score (nSPS) is 13.6. The highest BCUT2D eigenvalue weighted by Gasteiger charge is 2.22. The molecule has 2 aromatic carbocycles. The lowest BCUT2D eigenvalue weighted by Gasteiger charge is -2.09. The lowest BCUT2D eigenvalue weighted by molar-refractivity contribution is 0.594. The lowest BCUT2D eigenvalue weighted by atomic mass is 9.98. The molecule has 0 atom stereocenters. The first-order valence-electron chi connectivity index (χ1n) is 11.7. The smallest absolute Gasteiger partial charge is 0.130 e. The third-order valence-electron chi connectivity index (χ3n) is 6.47. The van der Waals surface area contributed by atoms with Crippen molar-refractivity contribution in [1.82, 2.24) is 0 Å². The van der Waals surface area contributed by atoms with Gasteiger partial charge in [-0.2, -0.15) is 0 Å². The van der Waals surface area contributed by atoms with E-state index < -0.39 is 11.6 Å². The van der Waals surface area contributed by atoms with Crippen molar-refractivity contribution in [2.24, 2.45) is 20.0 Å². The van der Waals surface area contributed by atoms with Gasteiger partial charge in [-0.1, -0.05) is 13.8 Å². The summed E-state index contributed by atoms with van der Waals surface area (Å²) in [5.41, 5.74) is 2.21. The molecule has 4 aromatic rings. The number of fused-ring (bicyclic) bond motifs is 2. The molecule has 2 aromatic heterocycles. The van der Waals surface area contributed by atoms with Crippen LogP contribution < -0.4 is 21.4 Å². The zero-order valence-electron chi connectivity index (χ0n) is 19.4. The molecule has 0 spiro atoms. The van der Waals surface area contributed by atoms with E-state index in [0.29, 0.717) is 32.6 Å². The highest BCUT2D eigenvalue weighted by molar-refractivity contribution is 7.15. The number of aryl methyl sites for hydroxylation is 2. The van der Waals surface area contributed by atoms with E-state index in [2.05, 4.69) is 45.9 Å². The summed E-state index contributed by atoms with van der Waals surface area (Å²) in [5.74, 6) is -0.798.